The Balaban J connectivity index is 2.71. The molecule has 1 aromatic carbocycles. The lowest BCUT2D eigenvalue weighted by Gasteiger charge is -2.05. The van der Waals surface area contributed by atoms with Crippen molar-refractivity contribution in [3.8, 4) is 5.75 Å². The fraction of sp³-hybridized carbons (Fsp3) is 0.200. The molecule has 1 aromatic heterocycles. The summed E-state index contributed by atoms with van der Waals surface area (Å²) in [6, 6.07) is 4.32. The highest BCUT2D eigenvalue weighted by molar-refractivity contribution is 14.1. The minimum atomic E-state index is 0.973. The molecule has 74 valence electrons. The maximum atomic E-state index is 5.35. The third-order valence-electron chi connectivity index (χ3n) is 2.03. The summed E-state index contributed by atoms with van der Waals surface area (Å²) < 4.78 is 7.98. The van der Waals surface area contributed by atoms with Gasteiger partial charge in [0, 0.05) is 19.0 Å². The van der Waals surface area contributed by atoms with Gasteiger partial charge in [-0.3, -0.25) is 0 Å². The summed E-state index contributed by atoms with van der Waals surface area (Å²) in [5.74, 6) is 0.973. The van der Waals surface area contributed by atoms with Crippen LogP contribution < -0.4 is 4.74 Å². The third kappa shape index (κ3) is 1.75. The fourth-order valence-electron chi connectivity index (χ4n) is 1.32. The number of fused-ring (bicyclic) bond motifs is 1. The fourth-order valence-corrected chi connectivity index (χ4v) is 3.83. The van der Waals surface area contributed by atoms with E-state index in [1.807, 2.05) is 0 Å². The lowest BCUT2D eigenvalue weighted by Crippen LogP contribution is -1.85. The molecule has 1 heterocycles. The summed E-state index contributed by atoms with van der Waals surface area (Å²) in [4.78, 5) is 1.21. The summed E-state index contributed by atoms with van der Waals surface area (Å²) in [5.41, 5.74) is 0. The van der Waals surface area contributed by atoms with Crippen LogP contribution >= 0.6 is 45.7 Å². The largest absolute Gasteiger partial charge is 0.496 e. The molecule has 0 amide bonds. The third-order valence-corrected chi connectivity index (χ3v) is 5.05. The highest BCUT2D eigenvalue weighted by Gasteiger charge is 2.07. The average Bonchev–Trinajstić information content (AvgIpc) is 2.58. The van der Waals surface area contributed by atoms with E-state index < -0.39 is 0 Å². The van der Waals surface area contributed by atoms with E-state index in [9.17, 15) is 0 Å². The first kappa shape index (κ1) is 10.6. The number of hydrogen-bond donors (Lipinski definition) is 0. The monoisotopic (exact) mass is 336 g/mol. The van der Waals surface area contributed by atoms with Crippen molar-refractivity contribution >= 4 is 55.8 Å². The molecule has 0 fully saturated rings. The van der Waals surface area contributed by atoms with Crippen LogP contribution in [0.5, 0.6) is 5.75 Å². The molecule has 0 aliphatic rings. The number of hydrogen-bond acceptors (Lipinski definition) is 3. The zero-order valence-electron chi connectivity index (χ0n) is 7.83. The molecule has 1 nitrogen and oxygen atoms in total. The van der Waals surface area contributed by atoms with E-state index in [1.165, 1.54) is 18.6 Å². The van der Waals surface area contributed by atoms with Gasteiger partial charge in [-0.05, 0) is 41.0 Å². The van der Waals surface area contributed by atoms with Gasteiger partial charge in [-0.1, -0.05) is 0 Å². The lowest BCUT2D eigenvalue weighted by atomic mass is 10.2. The molecule has 0 N–H and O–H groups in total. The van der Waals surface area contributed by atoms with Crippen molar-refractivity contribution in [3.63, 3.8) is 0 Å². The van der Waals surface area contributed by atoms with Gasteiger partial charge in [-0.25, -0.2) is 0 Å². The van der Waals surface area contributed by atoms with Gasteiger partial charge < -0.3 is 4.74 Å². The van der Waals surface area contributed by atoms with Crippen molar-refractivity contribution in [2.45, 2.75) is 4.90 Å². The Kier molecular flexibility index (Phi) is 3.23. The minimum absolute atomic E-state index is 0.973. The van der Waals surface area contributed by atoms with Crippen LogP contribution in [0.15, 0.2) is 22.4 Å². The van der Waals surface area contributed by atoms with Gasteiger partial charge in [0.1, 0.15) is 5.75 Å². The zero-order chi connectivity index (χ0) is 10.1. The van der Waals surface area contributed by atoms with Crippen molar-refractivity contribution in [2.75, 3.05) is 13.4 Å². The number of halogens is 1. The molecule has 0 unspecified atom stereocenters. The molecular weight excluding hydrogens is 327 g/mol. The first-order valence-corrected chi connectivity index (χ1v) is 7.23. The molecule has 0 saturated heterocycles. The van der Waals surface area contributed by atoms with Crippen LogP contribution in [0.2, 0.25) is 0 Å². The van der Waals surface area contributed by atoms with Crippen molar-refractivity contribution in [1.82, 2.24) is 0 Å². The SMILES string of the molecule is COc1cc2c(I)csc2cc1SC. The minimum Gasteiger partial charge on any atom is -0.496 e. The van der Waals surface area contributed by atoms with Crippen LogP contribution in [0, 0.1) is 3.57 Å². The van der Waals surface area contributed by atoms with Gasteiger partial charge >= 0.3 is 0 Å². The molecule has 14 heavy (non-hydrogen) atoms. The van der Waals surface area contributed by atoms with Gasteiger partial charge in [0.05, 0.1) is 12.0 Å². The van der Waals surface area contributed by atoms with Gasteiger partial charge in [-0.15, -0.1) is 23.1 Å². The predicted molar refractivity (Wildman–Crippen MR) is 72.9 cm³/mol. The summed E-state index contributed by atoms with van der Waals surface area (Å²) in [6.45, 7) is 0. The van der Waals surface area contributed by atoms with Crippen LogP contribution in [-0.4, -0.2) is 13.4 Å². The van der Waals surface area contributed by atoms with E-state index in [1.54, 1.807) is 30.2 Å². The van der Waals surface area contributed by atoms with E-state index >= 15 is 0 Å². The quantitative estimate of drug-likeness (QED) is 0.599. The molecule has 0 bridgehead atoms. The van der Waals surface area contributed by atoms with Gasteiger partial charge in [0.2, 0.25) is 0 Å². The Morgan fingerprint density at radius 2 is 2.21 bits per heavy atom. The second-order valence-electron chi connectivity index (χ2n) is 2.79. The number of rotatable bonds is 2. The number of methoxy groups -OCH3 is 1. The highest BCUT2D eigenvalue weighted by atomic mass is 127. The number of thioether (sulfide) groups is 1. The van der Waals surface area contributed by atoms with Crippen LogP contribution in [-0.2, 0) is 0 Å². The first-order chi connectivity index (χ1) is 6.76. The Labute approximate surface area is 105 Å². The van der Waals surface area contributed by atoms with E-state index in [0.29, 0.717) is 0 Å². The van der Waals surface area contributed by atoms with Crippen molar-refractivity contribution in [2.24, 2.45) is 0 Å². The molecule has 4 heteroatoms. The normalized spacial score (nSPS) is 10.8. The Morgan fingerprint density at radius 1 is 1.43 bits per heavy atom. The molecule has 2 aromatic rings. The number of ether oxygens (including phenoxy) is 1. The van der Waals surface area contributed by atoms with Crippen molar-refractivity contribution in [1.29, 1.82) is 0 Å². The van der Waals surface area contributed by atoms with E-state index in [-0.39, 0.29) is 0 Å². The molecule has 0 spiro atoms. The maximum absolute atomic E-state index is 5.35. The summed E-state index contributed by atoms with van der Waals surface area (Å²) in [6.07, 6.45) is 2.07. The Bertz CT molecular complexity index is 464. The average molecular weight is 336 g/mol. The summed E-state index contributed by atoms with van der Waals surface area (Å²) >= 11 is 5.87. The van der Waals surface area contributed by atoms with Crippen molar-refractivity contribution < 1.29 is 4.74 Å². The standard InChI is InChI=1S/C10H9IOS2/c1-12-8-3-6-7(11)5-14-9(6)4-10(8)13-2/h3-5H,1-2H3. The second-order valence-corrected chi connectivity index (χ2v) is 5.71. The number of thiophene rings is 1. The van der Waals surface area contributed by atoms with E-state index in [4.69, 9.17) is 4.74 Å². The summed E-state index contributed by atoms with van der Waals surface area (Å²) in [7, 11) is 1.72. The second kappa shape index (κ2) is 4.28. The van der Waals surface area contributed by atoms with Crippen LogP contribution in [0.4, 0.5) is 0 Å². The van der Waals surface area contributed by atoms with Crippen LogP contribution in [0.25, 0.3) is 10.1 Å². The van der Waals surface area contributed by atoms with Gasteiger partial charge in [0.25, 0.3) is 0 Å². The lowest BCUT2D eigenvalue weighted by molar-refractivity contribution is 0.405. The first-order valence-electron chi connectivity index (χ1n) is 4.05. The van der Waals surface area contributed by atoms with Gasteiger partial charge in [0.15, 0.2) is 0 Å². The Hall–Kier alpha value is 0.0600. The number of benzene rings is 1. The Morgan fingerprint density at radius 3 is 2.86 bits per heavy atom. The molecular formula is C10H9IOS2. The van der Waals surface area contributed by atoms with Crippen LogP contribution in [0.1, 0.15) is 0 Å². The van der Waals surface area contributed by atoms with Gasteiger partial charge in [-0.2, -0.15) is 0 Å². The summed E-state index contributed by atoms with van der Waals surface area (Å²) in [5, 5.41) is 3.47. The maximum Gasteiger partial charge on any atom is 0.133 e. The molecule has 0 aliphatic carbocycles. The predicted octanol–water partition coefficient (Wildman–Crippen LogP) is 4.24. The topological polar surface area (TPSA) is 9.23 Å². The zero-order valence-corrected chi connectivity index (χ0v) is 11.6. The van der Waals surface area contributed by atoms with Crippen LogP contribution in [0.3, 0.4) is 0 Å². The highest BCUT2D eigenvalue weighted by Crippen LogP contribution is 2.36. The van der Waals surface area contributed by atoms with Crippen molar-refractivity contribution in [3.05, 3.63) is 21.1 Å². The molecule has 0 radical (unpaired) electrons. The van der Waals surface area contributed by atoms with E-state index in [0.717, 1.165) is 5.75 Å². The van der Waals surface area contributed by atoms with E-state index in [2.05, 4.69) is 46.4 Å². The smallest absolute Gasteiger partial charge is 0.133 e. The molecule has 0 atom stereocenters. The molecule has 2 rings (SSSR count). The molecule has 0 saturated carbocycles. The molecule has 0 aliphatic heterocycles.